The van der Waals surface area contributed by atoms with Crippen LogP contribution in [0.3, 0.4) is 0 Å². The topological polar surface area (TPSA) is 59.3 Å². The first kappa shape index (κ1) is 16.3. The van der Waals surface area contributed by atoms with Crippen LogP contribution in [0, 0.1) is 11.3 Å². The summed E-state index contributed by atoms with van der Waals surface area (Å²) in [6.07, 6.45) is 3.59. The van der Waals surface area contributed by atoms with Gasteiger partial charge in [-0.3, -0.25) is 18.8 Å². The number of aromatic nitrogens is 2. The molecule has 0 spiro atoms. The second kappa shape index (κ2) is 5.51. The molecule has 2 aliphatic rings. The van der Waals surface area contributed by atoms with Crippen molar-refractivity contribution in [2.75, 3.05) is 12.0 Å². The van der Waals surface area contributed by atoms with Crippen LogP contribution in [0.5, 0.6) is 0 Å². The average molecular weight is 320 g/mol. The number of nitrogens with one attached hydrogen (secondary N) is 1. The largest absolute Gasteiger partial charge is 0.358 e. The normalized spacial score (nSPS) is 27.3. The van der Waals surface area contributed by atoms with Gasteiger partial charge in [0.15, 0.2) is 0 Å². The van der Waals surface area contributed by atoms with Crippen LogP contribution in [-0.2, 0) is 20.6 Å². The second-order valence-electron chi connectivity index (χ2n) is 8.18. The average Bonchev–Trinajstić information content (AvgIpc) is 2.48. The molecule has 0 bridgehead atoms. The molecule has 23 heavy (non-hydrogen) atoms. The smallest absolute Gasteiger partial charge is 0.332 e. The SMILES string of the molecule is C[C@H]1C[C@H](N2CNc3c(c(=O)n(C)c(=O)n3C)C2)CC(C)(C)C1. The molecule has 3 rings (SSSR count). The predicted octanol–water partition coefficient (Wildman–Crippen LogP) is 1.48. The summed E-state index contributed by atoms with van der Waals surface area (Å²) in [6.45, 7) is 8.31. The van der Waals surface area contributed by atoms with Crippen molar-refractivity contribution in [3.8, 4) is 0 Å². The van der Waals surface area contributed by atoms with Crippen LogP contribution in [0.1, 0.15) is 45.6 Å². The molecule has 0 unspecified atom stereocenters. The van der Waals surface area contributed by atoms with Gasteiger partial charge in [-0.2, -0.15) is 0 Å². The first-order valence-electron chi connectivity index (χ1n) is 8.46. The van der Waals surface area contributed by atoms with Gasteiger partial charge in [0, 0.05) is 26.7 Å². The van der Waals surface area contributed by atoms with Crippen molar-refractivity contribution in [3.63, 3.8) is 0 Å². The standard InChI is InChI=1S/C17H28N4O2/c1-11-6-12(8-17(2,3)7-11)21-9-13-14(18-10-21)19(4)16(23)20(5)15(13)22/h11-12,18H,6-10H2,1-5H3/t11-,12-/m0/s1. The van der Waals surface area contributed by atoms with E-state index < -0.39 is 0 Å². The lowest BCUT2D eigenvalue weighted by molar-refractivity contribution is 0.0636. The van der Waals surface area contributed by atoms with Crippen LogP contribution in [-0.4, -0.2) is 26.7 Å². The third-order valence-corrected chi connectivity index (χ3v) is 5.45. The highest BCUT2D eigenvalue weighted by Gasteiger charge is 2.36. The molecule has 2 heterocycles. The lowest BCUT2D eigenvalue weighted by Gasteiger charge is -2.45. The second-order valence-corrected chi connectivity index (χ2v) is 8.18. The summed E-state index contributed by atoms with van der Waals surface area (Å²) in [7, 11) is 3.27. The molecule has 1 aliphatic heterocycles. The molecule has 1 aliphatic carbocycles. The van der Waals surface area contributed by atoms with Crippen molar-refractivity contribution in [1.29, 1.82) is 0 Å². The minimum absolute atomic E-state index is 0.177. The van der Waals surface area contributed by atoms with Crippen molar-refractivity contribution in [2.45, 2.75) is 52.6 Å². The van der Waals surface area contributed by atoms with Crippen LogP contribution in [0.4, 0.5) is 5.82 Å². The molecule has 0 amide bonds. The van der Waals surface area contributed by atoms with Crippen molar-refractivity contribution in [1.82, 2.24) is 14.0 Å². The number of rotatable bonds is 1. The minimum atomic E-state index is -0.276. The molecular weight excluding hydrogens is 292 g/mol. The highest BCUT2D eigenvalue weighted by Crippen LogP contribution is 2.41. The van der Waals surface area contributed by atoms with Crippen LogP contribution in [0.25, 0.3) is 0 Å². The highest BCUT2D eigenvalue weighted by molar-refractivity contribution is 5.45. The molecule has 1 fully saturated rings. The molecule has 0 saturated heterocycles. The van der Waals surface area contributed by atoms with E-state index in [2.05, 4.69) is 31.0 Å². The van der Waals surface area contributed by atoms with E-state index in [9.17, 15) is 9.59 Å². The zero-order valence-corrected chi connectivity index (χ0v) is 14.8. The molecule has 0 aromatic carbocycles. The van der Waals surface area contributed by atoms with E-state index >= 15 is 0 Å². The van der Waals surface area contributed by atoms with E-state index in [0.717, 1.165) is 6.42 Å². The maximum Gasteiger partial charge on any atom is 0.332 e. The third-order valence-electron chi connectivity index (χ3n) is 5.45. The van der Waals surface area contributed by atoms with E-state index in [-0.39, 0.29) is 11.2 Å². The van der Waals surface area contributed by atoms with Gasteiger partial charge in [0.2, 0.25) is 0 Å². The fraction of sp³-hybridized carbons (Fsp3) is 0.765. The van der Waals surface area contributed by atoms with Crippen molar-refractivity contribution in [3.05, 3.63) is 26.4 Å². The molecule has 1 saturated carbocycles. The third kappa shape index (κ3) is 2.84. The Labute approximate surface area is 137 Å². The summed E-state index contributed by atoms with van der Waals surface area (Å²) < 4.78 is 2.75. The molecule has 1 aromatic heterocycles. The highest BCUT2D eigenvalue weighted by atomic mass is 16.2. The summed E-state index contributed by atoms with van der Waals surface area (Å²) in [5, 5.41) is 3.30. The molecule has 2 atom stereocenters. The predicted molar refractivity (Wildman–Crippen MR) is 91.5 cm³/mol. The van der Waals surface area contributed by atoms with Crippen molar-refractivity contribution in [2.24, 2.45) is 25.4 Å². The zero-order chi connectivity index (χ0) is 16.9. The Morgan fingerprint density at radius 2 is 1.83 bits per heavy atom. The van der Waals surface area contributed by atoms with Gasteiger partial charge in [0.25, 0.3) is 5.56 Å². The van der Waals surface area contributed by atoms with Crippen molar-refractivity contribution >= 4 is 5.82 Å². The van der Waals surface area contributed by atoms with Crippen LogP contribution >= 0.6 is 0 Å². The number of nitrogens with zero attached hydrogens (tertiary/aromatic N) is 3. The fourth-order valence-corrected chi connectivity index (χ4v) is 4.55. The van der Waals surface area contributed by atoms with Gasteiger partial charge >= 0.3 is 5.69 Å². The molecule has 128 valence electrons. The quantitative estimate of drug-likeness (QED) is 0.851. The first-order chi connectivity index (χ1) is 10.7. The van der Waals surface area contributed by atoms with Gasteiger partial charge in [0.1, 0.15) is 5.82 Å². The summed E-state index contributed by atoms with van der Waals surface area (Å²) in [6, 6.07) is 0.483. The van der Waals surface area contributed by atoms with Gasteiger partial charge in [-0.25, -0.2) is 4.79 Å². The molecule has 1 aromatic rings. The lowest BCUT2D eigenvalue weighted by Crippen LogP contribution is -2.51. The zero-order valence-electron chi connectivity index (χ0n) is 14.8. The lowest BCUT2D eigenvalue weighted by atomic mass is 9.70. The Balaban J connectivity index is 1.92. The van der Waals surface area contributed by atoms with E-state index in [1.165, 1.54) is 17.4 Å². The van der Waals surface area contributed by atoms with Crippen LogP contribution < -0.4 is 16.6 Å². The van der Waals surface area contributed by atoms with E-state index in [0.29, 0.717) is 42.0 Å². The van der Waals surface area contributed by atoms with E-state index in [4.69, 9.17) is 0 Å². The number of hydrogen-bond acceptors (Lipinski definition) is 4. The maximum atomic E-state index is 12.5. The molecule has 6 nitrogen and oxygen atoms in total. The Kier molecular flexibility index (Phi) is 3.91. The summed E-state index contributed by atoms with van der Waals surface area (Å²) >= 11 is 0. The summed E-state index contributed by atoms with van der Waals surface area (Å²) in [4.78, 5) is 26.9. The van der Waals surface area contributed by atoms with Crippen molar-refractivity contribution < 1.29 is 0 Å². The van der Waals surface area contributed by atoms with Gasteiger partial charge in [0.05, 0.1) is 12.2 Å². The Bertz CT molecular complexity index is 731. The molecule has 0 radical (unpaired) electrons. The Morgan fingerprint density at radius 3 is 2.48 bits per heavy atom. The van der Waals surface area contributed by atoms with E-state index in [1.54, 1.807) is 18.7 Å². The fourth-order valence-electron chi connectivity index (χ4n) is 4.55. The molecule has 1 N–H and O–H groups in total. The monoisotopic (exact) mass is 320 g/mol. The van der Waals surface area contributed by atoms with Crippen LogP contribution in [0.15, 0.2) is 9.59 Å². The summed E-state index contributed by atoms with van der Waals surface area (Å²) in [5.41, 5.74) is 0.597. The van der Waals surface area contributed by atoms with Gasteiger partial charge in [-0.1, -0.05) is 20.8 Å². The Morgan fingerprint density at radius 1 is 1.13 bits per heavy atom. The maximum absolute atomic E-state index is 12.5. The Hall–Kier alpha value is -1.56. The van der Waals surface area contributed by atoms with Gasteiger partial charge in [-0.15, -0.1) is 0 Å². The number of hydrogen-bond donors (Lipinski definition) is 1. The number of anilines is 1. The van der Waals surface area contributed by atoms with Crippen LogP contribution in [0.2, 0.25) is 0 Å². The van der Waals surface area contributed by atoms with Gasteiger partial charge in [-0.05, 0) is 30.6 Å². The van der Waals surface area contributed by atoms with Gasteiger partial charge < -0.3 is 5.32 Å². The molecular formula is C17H28N4O2. The number of fused-ring (bicyclic) bond motifs is 1. The molecule has 6 heteroatoms. The minimum Gasteiger partial charge on any atom is -0.358 e. The summed E-state index contributed by atoms with van der Waals surface area (Å²) in [5.74, 6) is 1.38. The first-order valence-corrected chi connectivity index (χ1v) is 8.46. The van der Waals surface area contributed by atoms with E-state index in [1.807, 2.05) is 0 Å².